The Balaban J connectivity index is 2.84. The SMILES string of the molecule is CCCCC(=O)N/N=C/c1c(O)n(C)c(=S)[nH]c1=O. The maximum atomic E-state index is 11.6. The molecule has 1 aromatic heterocycles. The highest BCUT2D eigenvalue weighted by atomic mass is 32.1. The van der Waals surface area contributed by atoms with Crippen LogP contribution in [0, 0.1) is 4.77 Å². The number of rotatable bonds is 5. The molecule has 0 fully saturated rings. The summed E-state index contributed by atoms with van der Waals surface area (Å²) in [4.78, 5) is 25.2. The van der Waals surface area contributed by atoms with Crippen molar-refractivity contribution in [2.24, 2.45) is 12.1 Å². The van der Waals surface area contributed by atoms with Crippen LogP contribution in [0.3, 0.4) is 0 Å². The highest BCUT2D eigenvalue weighted by Crippen LogP contribution is 2.08. The van der Waals surface area contributed by atoms with E-state index in [4.69, 9.17) is 12.2 Å². The monoisotopic (exact) mass is 284 g/mol. The Morgan fingerprint density at radius 2 is 2.32 bits per heavy atom. The largest absolute Gasteiger partial charge is 0.494 e. The molecule has 0 saturated carbocycles. The molecule has 0 aliphatic rings. The van der Waals surface area contributed by atoms with Gasteiger partial charge in [-0.15, -0.1) is 0 Å². The quantitative estimate of drug-likeness (QED) is 0.423. The van der Waals surface area contributed by atoms with Crippen LogP contribution in [-0.4, -0.2) is 26.8 Å². The standard InChI is InChI=1S/C11H16N4O3S/c1-3-4-5-8(16)14-12-6-7-9(17)13-11(19)15(2)10(7)18/h6,18H,3-5H2,1-2H3,(H,14,16)(H,13,17,19)/b12-6+. The van der Waals surface area contributed by atoms with Crippen molar-refractivity contribution < 1.29 is 9.90 Å². The summed E-state index contributed by atoms with van der Waals surface area (Å²) in [5, 5.41) is 13.4. The zero-order valence-electron chi connectivity index (χ0n) is 10.8. The smallest absolute Gasteiger partial charge is 0.264 e. The van der Waals surface area contributed by atoms with Gasteiger partial charge in [0, 0.05) is 13.5 Å². The maximum absolute atomic E-state index is 11.6. The Bertz CT molecular complexity index is 603. The van der Waals surface area contributed by atoms with Gasteiger partial charge in [-0.05, 0) is 18.6 Å². The van der Waals surface area contributed by atoms with E-state index in [0.29, 0.717) is 6.42 Å². The van der Waals surface area contributed by atoms with Crippen LogP contribution < -0.4 is 11.0 Å². The highest BCUT2D eigenvalue weighted by Gasteiger charge is 2.08. The lowest BCUT2D eigenvalue weighted by Crippen LogP contribution is -2.20. The molecular formula is C11H16N4O3S. The summed E-state index contributed by atoms with van der Waals surface area (Å²) in [7, 11) is 1.50. The van der Waals surface area contributed by atoms with E-state index in [2.05, 4.69) is 15.5 Å². The summed E-state index contributed by atoms with van der Waals surface area (Å²) in [5.41, 5.74) is 1.66. The minimum Gasteiger partial charge on any atom is -0.494 e. The van der Waals surface area contributed by atoms with Gasteiger partial charge < -0.3 is 5.11 Å². The van der Waals surface area contributed by atoms with Crippen LogP contribution in [0.25, 0.3) is 0 Å². The number of amides is 1. The minimum atomic E-state index is -0.563. The Morgan fingerprint density at radius 3 is 2.95 bits per heavy atom. The molecule has 0 aliphatic carbocycles. The first-order valence-electron chi connectivity index (χ1n) is 5.81. The molecule has 1 rings (SSSR count). The van der Waals surface area contributed by atoms with E-state index in [9.17, 15) is 14.7 Å². The van der Waals surface area contributed by atoms with Crippen molar-refractivity contribution in [1.82, 2.24) is 15.0 Å². The highest BCUT2D eigenvalue weighted by molar-refractivity contribution is 7.71. The van der Waals surface area contributed by atoms with Crippen molar-refractivity contribution in [3.63, 3.8) is 0 Å². The van der Waals surface area contributed by atoms with Crippen LogP contribution in [0.2, 0.25) is 0 Å². The topological polar surface area (TPSA) is 99.5 Å². The Kier molecular flexibility index (Phi) is 5.43. The molecule has 19 heavy (non-hydrogen) atoms. The third-order valence-corrected chi connectivity index (χ3v) is 2.84. The van der Waals surface area contributed by atoms with Crippen molar-refractivity contribution in [1.29, 1.82) is 0 Å². The fourth-order valence-electron chi connectivity index (χ4n) is 1.31. The lowest BCUT2D eigenvalue weighted by Gasteiger charge is -2.04. The van der Waals surface area contributed by atoms with Crippen LogP contribution in [0.15, 0.2) is 9.90 Å². The summed E-state index contributed by atoms with van der Waals surface area (Å²) in [6.07, 6.45) is 3.14. The molecule has 1 amide bonds. The van der Waals surface area contributed by atoms with Gasteiger partial charge in [0.1, 0.15) is 5.56 Å². The van der Waals surface area contributed by atoms with Crippen molar-refractivity contribution in [3.8, 4) is 5.88 Å². The molecule has 0 radical (unpaired) electrons. The summed E-state index contributed by atoms with van der Waals surface area (Å²) >= 11 is 4.82. The number of unbranched alkanes of at least 4 members (excludes halogenated alkanes) is 1. The number of aromatic amines is 1. The maximum Gasteiger partial charge on any atom is 0.264 e. The van der Waals surface area contributed by atoms with Crippen molar-refractivity contribution in [2.75, 3.05) is 0 Å². The first-order valence-corrected chi connectivity index (χ1v) is 6.22. The number of hydrogen-bond donors (Lipinski definition) is 3. The van der Waals surface area contributed by atoms with Crippen molar-refractivity contribution in [2.45, 2.75) is 26.2 Å². The van der Waals surface area contributed by atoms with E-state index in [1.165, 1.54) is 11.6 Å². The van der Waals surface area contributed by atoms with Gasteiger partial charge in [-0.1, -0.05) is 13.3 Å². The first-order chi connectivity index (χ1) is 8.97. The van der Waals surface area contributed by atoms with Crippen LogP contribution in [0.4, 0.5) is 0 Å². The zero-order chi connectivity index (χ0) is 14.4. The molecule has 1 aromatic rings. The number of nitrogens with zero attached hydrogens (tertiary/aromatic N) is 2. The van der Waals surface area contributed by atoms with E-state index >= 15 is 0 Å². The van der Waals surface area contributed by atoms with E-state index in [1.807, 2.05) is 6.92 Å². The van der Waals surface area contributed by atoms with Crippen LogP contribution in [0.5, 0.6) is 5.88 Å². The number of H-pyrrole nitrogens is 1. The fraction of sp³-hybridized carbons (Fsp3) is 0.455. The number of carbonyl (C=O) groups is 1. The van der Waals surface area contributed by atoms with E-state index in [-0.39, 0.29) is 22.1 Å². The number of aromatic hydroxyl groups is 1. The summed E-state index contributed by atoms with van der Waals surface area (Å²) in [6.45, 7) is 1.98. The second-order valence-electron chi connectivity index (χ2n) is 3.95. The van der Waals surface area contributed by atoms with Crippen molar-refractivity contribution in [3.05, 3.63) is 20.7 Å². The van der Waals surface area contributed by atoms with Crippen LogP contribution in [-0.2, 0) is 11.8 Å². The summed E-state index contributed by atoms with van der Waals surface area (Å²) in [5.74, 6) is -0.543. The third-order valence-electron chi connectivity index (χ3n) is 2.47. The molecule has 104 valence electrons. The second-order valence-corrected chi connectivity index (χ2v) is 4.34. The number of nitrogens with one attached hydrogen (secondary N) is 2. The summed E-state index contributed by atoms with van der Waals surface area (Å²) in [6, 6.07) is 0. The molecule has 1 heterocycles. The summed E-state index contributed by atoms with van der Waals surface area (Å²) < 4.78 is 1.34. The lowest BCUT2D eigenvalue weighted by molar-refractivity contribution is -0.121. The van der Waals surface area contributed by atoms with Gasteiger partial charge in [0.15, 0.2) is 4.77 Å². The molecule has 0 atom stereocenters. The van der Waals surface area contributed by atoms with Gasteiger partial charge in [0.25, 0.3) is 5.56 Å². The van der Waals surface area contributed by atoms with Gasteiger partial charge in [-0.25, -0.2) is 5.43 Å². The van der Waals surface area contributed by atoms with Gasteiger partial charge in [0.2, 0.25) is 11.8 Å². The first kappa shape index (κ1) is 15.1. The molecular weight excluding hydrogens is 268 g/mol. The number of hydrazone groups is 1. The number of carbonyl (C=O) groups excluding carboxylic acids is 1. The molecule has 3 N–H and O–H groups in total. The van der Waals surface area contributed by atoms with Crippen molar-refractivity contribution >= 4 is 24.3 Å². The van der Waals surface area contributed by atoms with Gasteiger partial charge in [0.05, 0.1) is 6.21 Å². The fourth-order valence-corrected chi connectivity index (χ4v) is 1.48. The lowest BCUT2D eigenvalue weighted by atomic mass is 10.2. The Labute approximate surface area is 115 Å². The molecule has 0 spiro atoms. The minimum absolute atomic E-state index is 0.0631. The van der Waals surface area contributed by atoms with Gasteiger partial charge >= 0.3 is 0 Å². The molecule has 8 heteroatoms. The van der Waals surface area contributed by atoms with Gasteiger partial charge in [-0.2, -0.15) is 5.10 Å². The molecule has 0 bridgehead atoms. The molecule has 0 aromatic carbocycles. The van der Waals surface area contributed by atoms with E-state index in [1.54, 1.807) is 0 Å². The second kappa shape index (κ2) is 6.83. The van der Waals surface area contributed by atoms with E-state index < -0.39 is 5.56 Å². The molecule has 0 unspecified atom stereocenters. The number of hydrogen-bond acceptors (Lipinski definition) is 5. The Hall–Kier alpha value is -1.96. The van der Waals surface area contributed by atoms with Crippen LogP contribution >= 0.6 is 12.2 Å². The predicted octanol–water partition coefficient (Wildman–Crippen LogP) is 0.789. The predicted molar refractivity (Wildman–Crippen MR) is 73.8 cm³/mol. The average molecular weight is 284 g/mol. The molecule has 0 saturated heterocycles. The molecule has 7 nitrogen and oxygen atoms in total. The normalized spacial score (nSPS) is 10.8. The average Bonchev–Trinajstić information content (AvgIpc) is 2.37. The molecule has 0 aliphatic heterocycles. The van der Waals surface area contributed by atoms with Crippen LogP contribution in [0.1, 0.15) is 31.7 Å². The van der Waals surface area contributed by atoms with Gasteiger partial charge in [-0.3, -0.25) is 19.1 Å². The Morgan fingerprint density at radius 1 is 1.63 bits per heavy atom. The zero-order valence-corrected chi connectivity index (χ0v) is 11.6. The number of aromatic nitrogens is 2. The van der Waals surface area contributed by atoms with E-state index in [0.717, 1.165) is 19.1 Å². The third kappa shape index (κ3) is 4.02.